The van der Waals surface area contributed by atoms with Crippen LogP contribution in [-0.4, -0.2) is 42.4 Å². The second kappa shape index (κ2) is 6.86. The van der Waals surface area contributed by atoms with Gasteiger partial charge in [-0.05, 0) is 13.8 Å². The third kappa shape index (κ3) is 4.55. The van der Waals surface area contributed by atoms with Gasteiger partial charge in [0.1, 0.15) is 4.93 Å². The Morgan fingerprint density at radius 1 is 1.18 bits per heavy atom. The minimum Gasteiger partial charge on any atom is -0.466 e. The first-order valence-corrected chi connectivity index (χ1v) is 6.69. The summed E-state index contributed by atoms with van der Waals surface area (Å²) in [5.74, 6) is 0.0936. The molecule has 1 fully saturated rings. The minimum absolute atomic E-state index is 0.0876. The van der Waals surface area contributed by atoms with Crippen LogP contribution in [0.4, 0.5) is 0 Å². The van der Waals surface area contributed by atoms with E-state index in [0.717, 1.165) is 5.75 Å². The van der Waals surface area contributed by atoms with Crippen LogP contribution in [0.5, 0.6) is 0 Å². The van der Waals surface area contributed by atoms with Gasteiger partial charge in [-0.1, -0.05) is 0 Å². The molecule has 1 heterocycles. The van der Waals surface area contributed by atoms with Crippen molar-refractivity contribution in [2.75, 3.05) is 25.6 Å². The lowest BCUT2D eigenvalue weighted by atomic mass is 10.1. The molecule has 1 rings (SSSR count). The number of carbonyl (C=O) groups is 2. The van der Waals surface area contributed by atoms with Crippen LogP contribution in [0.15, 0.2) is 0 Å². The average Bonchev–Trinajstić information content (AvgIpc) is 2.66. The van der Waals surface area contributed by atoms with Crippen LogP contribution in [0.3, 0.4) is 0 Å². The fourth-order valence-corrected chi connectivity index (χ4v) is 2.77. The van der Waals surface area contributed by atoms with Crippen LogP contribution in [0.1, 0.15) is 26.7 Å². The summed E-state index contributed by atoms with van der Waals surface area (Å²) in [6, 6.07) is 0. The first kappa shape index (κ1) is 14.3. The van der Waals surface area contributed by atoms with Gasteiger partial charge in [0.25, 0.3) is 0 Å². The molecule has 1 aliphatic rings. The molecule has 0 spiro atoms. The normalized spacial score (nSPS) is 17.8. The highest BCUT2D eigenvalue weighted by Crippen LogP contribution is 2.39. The third-order valence-electron chi connectivity index (χ3n) is 2.25. The van der Waals surface area contributed by atoms with Gasteiger partial charge >= 0.3 is 11.9 Å². The standard InChI is InChI=1S/C11H18O5S/c1-3-14-9(12)7-11(16-5-6-17-11)8-10(13)15-4-2/h3-8H2,1-2H3. The van der Waals surface area contributed by atoms with Crippen LogP contribution < -0.4 is 0 Å². The summed E-state index contributed by atoms with van der Waals surface area (Å²) in [5.41, 5.74) is 0. The van der Waals surface area contributed by atoms with E-state index in [4.69, 9.17) is 14.2 Å². The van der Waals surface area contributed by atoms with Gasteiger partial charge in [0.15, 0.2) is 0 Å². The number of hydrogen-bond donors (Lipinski definition) is 0. The van der Waals surface area contributed by atoms with Crippen LogP contribution in [0.25, 0.3) is 0 Å². The summed E-state index contributed by atoms with van der Waals surface area (Å²) in [6.45, 7) is 4.71. The Balaban J connectivity index is 2.56. The van der Waals surface area contributed by atoms with E-state index in [1.165, 1.54) is 11.8 Å². The molecular weight excluding hydrogens is 244 g/mol. The van der Waals surface area contributed by atoms with E-state index in [0.29, 0.717) is 19.8 Å². The van der Waals surface area contributed by atoms with Crippen LogP contribution in [0.2, 0.25) is 0 Å². The van der Waals surface area contributed by atoms with Gasteiger partial charge in [-0.15, -0.1) is 11.8 Å². The highest BCUT2D eigenvalue weighted by Gasteiger charge is 2.41. The molecule has 0 aromatic rings. The van der Waals surface area contributed by atoms with E-state index in [9.17, 15) is 9.59 Å². The van der Waals surface area contributed by atoms with E-state index in [1.807, 2.05) is 0 Å². The predicted molar refractivity (Wildman–Crippen MR) is 63.6 cm³/mol. The zero-order chi connectivity index (χ0) is 12.7. The molecule has 0 unspecified atom stereocenters. The van der Waals surface area contributed by atoms with Crippen molar-refractivity contribution < 1.29 is 23.8 Å². The summed E-state index contributed by atoms with van der Waals surface area (Å²) < 4.78 is 15.3. The molecule has 17 heavy (non-hydrogen) atoms. The molecule has 6 heteroatoms. The van der Waals surface area contributed by atoms with E-state index < -0.39 is 4.93 Å². The van der Waals surface area contributed by atoms with Gasteiger partial charge in [0, 0.05) is 5.75 Å². The number of thioether (sulfide) groups is 1. The monoisotopic (exact) mass is 262 g/mol. The maximum absolute atomic E-state index is 11.5. The molecule has 1 aliphatic heterocycles. The van der Waals surface area contributed by atoms with Crippen molar-refractivity contribution in [2.45, 2.75) is 31.6 Å². The average molecular weight is 262 g/mol. The third-order valence-corrected chi connectivity index (χ3v) is 3.55. The fourth-order valence-electron chi connectivity index (χ4n) is 1.63. The molecule has 5 nitrogen and oxygen atoms in total. The maximum Gasteiger partial charge on any atom is 0.309 e. The van der Waals surface area contributed by atoms with Crippen LogP contribution >= 0.6 is 11.8 Å². The molecule has 0 aromatic carbocycles. The second-order valence-electron chi connectivity index (χ2n) is 3.57. The molecule has 1 saturated heterocycles. The van der Waals surface area contributed by atoms with Crippen molar-refractivity contribution >= 4 is 23.7 Å². The van der Waals surface area contributed by atoms with Crippen molar-refractivity contribution in [3.63, 3.8) is 0 Å². The van der Waals surface area contributed by atoms with Crippen molar-refractivity contribution in [2.24, 2.45) is 0 Å². The molecule has 0 radical (unpaired) electrons. The molecule has 0 atom stereocenters. The van der Waals surface area contributed by atoms with Gasteiger partial charge < -0.3 is 14.2 Å². The highest BCUT2D eigenvalue weighted by molar-refractivity contribution is 8.00. The van der Waals surface area contributed by atoms with Crippen molar-refractivity contribution in [1.29, 1.82) is 0 Å². The summed E-state index contributed by atoms with van der Waals surface area (Å²) >= 11 is 1.47. The largest absolute Gasteiger partial charge is 0.466 e. The van der Waals surface area contributed by atoms with E-state index >= 15 is 0 Å². The van der Waals surface area contributed by atoms with Crippen molar-refractivity contribution in [3.8, 4) is 0 Å². The van der Waals surface area contributed by atoms with Gasteiger partial charge in [-0.25, -0.2) is 0 Å². The Hall–Kier alpha value is -0.750. The van der Waals surface area contributed by atoms with Gasteiger partial charge in [0.05, 0.1) is 32.7 Å². The molecule has 0 N–H and O–H groups in total. The predicted octanol–water partition coefficient (Wildman–Crippen LogP) is 1.35. The van der Waals surface area contributed by atoms with Gasteiger partial charge in [-0.2, -0.15) is 0 Å². The molecule has 0 saturated carbocycles. The maximum atomic E-state index is 11.5. The zero-order valence-electron chi connectivity index (χ0n) is 10.2. The second-order valence-corrected chi connectivity index (χ2v) is 5.01. The first-order valence-electron chi connectivity index (χ1n) is 5.71. The number of ether oxygens (including phenoxy) is 3. The Morgan fingerprint density at radius 3 is 2.06 bits per heavy atom. The van der Waals surface area contributed by atoms with Gasteiger partial charge in [-0.3, -0.25) is 9.59 Å². The molecular formula is C11H18O5S. The Labute approximate surface area is 105 Å². The number of rotatable bonds is 6. The SMILES string of the molecule is CCOC(=O)CC1(CC(=O)OCC)OCCS1. The first-order chi connectivity index (χ1) is 8.12. The van der Waals surface area contributed by atoms with Crippen molar-refractivity contribution in [3.05, 3.63) is 0 Å². The molecule has 0 aromatic heterocycles. The Bertz CT molecular complexity index is 251. The molecule has 98 valence electrons. The minimum atomic E-state index is -0.793. The number of hydrogen-bond acceptors (Lipinski definition) is 6. The number of esters is 2. The Kier molecular flexibility index (Phi) is 5.77. The lowest BCUT2D eigenvalue weighted by Crippen LogP contribution is -2.32. The Morgan fingerprint density at radius 2 is 1.71 bits per heavy atom. The zero-order valence-corrected chi connectivity index (χ0v) is 11.0. The molecule has 0 bridgehead atoms. The van der Waals surface area contributed by atoms with E-state index in [2.05, 4.69) is 0 Å². The molecule has 0 aliphatic carbocycles. The quantitative estimate of drug-likeness (QED) is 0.673. The summed E-state index contributed by atoms with van der Waals surface area (Å²) in [4.78, 5) is 22.2. The van der Waals surface area contributed by atoms with E-state index in [-0.39, 0.29) is 24.8 Å². The van der Waals surface area contributed by atoms with Crippen molar-refractivity contribution in [1.82, 2.24) is 0 Å². The lowest BCUT2D eigenvalue weighted by Gasteiger charge is -2.25. The fraction of sp³-hybridized carbons (Fsp3) is 0.818. The topological polar surface area (TPSA) is 61.8 Å². The summed E-state index contributed by atoms with van der Waals surface area (Å²) in [5, 5.41) is 0. The van der Waals surface area contributed by atoms with Crippen LogP contribution in [-0.2, 0) is 23.8 Å². The smallest absolute Gasteiger partial charge is 0.309 e. The molecule has 0 amide bonds. The summed E-state index contributed by atoms with van der Waals surface area (Å²) in [6.07, 6.45) is 0.175. The van der Waals surface area contributed by atoms with Gasteiger partial charge in [0.2, 0.25) is 0 Å². The summed E-state index contributed by atoms with van der Waals surface area (Å²) in [7, 11) is 0. The highest BCUT2D eigenvalue weighted by atomic mass is 32.2. The van der Waals surface area contributed by atoms with Crippen LogP contribution in [0, 0.1) is 0 Å². The number of carbonyl (C=O) groups excluding carboxylic acids is 2. The lowest BCUT2D eigenvalue weighted by molar-refractivity contribution is -0.151. The van der Waals surface area contributed by atoms with E-state index in [1.54, 1.807) is 13.8 Å².